The molecule has 0 spiro atoms. The van der Waals surface area contributed by atoms with Gasteiger partial charge in [0.2, 0.25) is 0 Å². The van der Waals surface area contributed by atoms with Gasteiger partial charge in [0.1, 0.15) is 5.75 Å². The predicted octanol–water partition coefficient (Wildman–Crippen LogP) is 4.43. The van der Waals surface area contributed by atoms with Crippen molar-refractivity contribution in [1.29, 1.82) is 0 Å². The Balaban J connectivity index is 2.34. The lowest BCUT2D eigenvalue weighted by atomic mass is 10.0. The third kappa shape index (κ3) is 4.56. The van der Waals surface area contributed by atoms with Crippen molar-refractivity contribution in [1.82, 2.24) is 0 Å². The molecule has 2 nitrogen and oxygen atoms in total. The first-order valence-electron chi connectivity index (χ1n) is 6.16. The molecule has 0 aromatic heterocycles. The van der Waals surface area contributed by atoms with Gasteiger partial charge in [-0.1, -0.05) is 33.1 Å². The van der Waals surface area contributed by atoms with Crippen LogP contribution in [0.1, 0.15) is 39.5 Å². The molecule has 1 unspecified atom stereocenters. The minimum absolute atomic E-state index is 0.0328. The van der Waals surface area contributed by atoms with Crippen molar-refractivity contribution in [3.63, 3.8) is 0 Å². The molecule has 0 heterocycles. The zero-order valence-electron chi connectivity index (χ0n) is 10.2. The maximum Gasteiger partial charge on any atom is 0.178 e. The Morgan fingerprint density at radius 3 is 2.44 bits per heavy atom. The molecule has 1 radical (unpaired) electrons. The minimum atomic E-state index is 0.0328. The SMILES string of the molecule is CCCCC(CC)COc1ccc([O])cc1. The number of benzene rings is 1. The molecular weight excluding hydrogens is 200 g/mol. The van der Waals surface area contributed by atoms with Gasteiger partial charge in [0.25, 0.3) is 0 Å². The first kappa shape index (κ1) is 12.9. The molecule has 0 aliphatic rings. The average Bonchev–Trinajstić information content (AvgIpc) is 2.32. The highest BCUT2D eigenvalue weighted by Crippen LogP contribution is 2.19. The van der Waals surface area contributed by atoms with Crippen LogP contribution in [0.5, 0.6) is 11.5 Å². The second-order valence-corrected chi connectivity index (χ2v) is 4.20. The molecule has 0 saturated carbocycles. The van der Waals surface area contributed by atoms with Gasteiger partial charge in [-0.15, -0.1) is 0 Å². The second kappa shape index (κ2) is 7.15. The van der Waals surface area contributed by atoms with E-state index in [4.69, 9.17) is 4.74 Å². The highest BCUT2D eigenvalue weighted by Gasteiger charge is 2.06. The zero-order valence-corrected chi connectivity index (χ0v) is 10.2. The Morgan fingerprint density at radius 2 is 1.88 bits per heavy atom. The van der Waals surface area contributed by atoms with Crippen molar-refractivity contribution in [2.24, 2.45) is 5.92 Å². The van der Waals surface area contributed by atoms with Gasteiger partial charge in [0.15, 0.2) is 5.75 Å². The van der Waals surface area contributed by atoms with E-state index in [1.807, 2.05) is 0 Å². The predicted molar refractivity (Wildman–Crippen MR) is 65.4 cm³/mol. The topological polar surface area (TPSA) is 29.1 Å². The Kier molecular flexibility index (Phi) is 5.76. The molecule has 1 aromatic carbocycles. The highest BCUT2D eigenvalue weighted by atomic mass is 16.5. The van der Waals surface area contributed by atoms with Crippen molar-refractivity contribution in [2.75, 3.05) is 6.61 Å². The summed E-state index contributed by atoms with van der Waals surface area (Å²) in [4.78, 5) is 0. The molecule has 0 aliphatic carbocycles. The molecular formula is C14H21O2. The van der Waals surface area contributed by atoms with Crippen LogP contribution >= 0.6 is 0 Å². The summed E-state index contributed by atoms with van der Waals surface area (Å²) in [7, 11) is 0. The number of hydrogen-bond donors (Lipinski definition) is 0. The van der Waals surface area contributed by atoms with E-state index >= 15 is 0 Å². The summed E-state index contributed by atoms with van der Waals surface area (Å²) in [6.45, 7) is 5.17. The quantitative estimate of drug-likeness (QED) is 0.669. The zero-order chi connectivity index (χ0) is 11.8. The maximum absolute atomic E-state index is 10.9. The van der Waals surface area contributed by atoms with E-state index in [9.17, 15) is 5.11 Å². The fourth-order valence-corrected chi connectivity index (χ4v) is 1.65. The van der Waals surface area contributed by atoms with Gasteiger partial charge in [-0.3, -0.25) is 5.11 Å². The van der Waals surface area contributed by atoms with Gasteiger partial charge in [-0.05, 0) is 36.6 Å². The lowest BCUT2D eigenvalue weighted by molar-refractivity contribution is 0.233. The van der Waals surface area contributed by atoms with E-state index in [2.05, 4.69) is 13.8 Å². The summed E-state index contributed by atoms with van der Waals surface area (Å²) >= 11 is 0. The molecule has 16 heavy (non-hydrogen) atoms. The van der Waals surface area contributed by atoms with Crippen molar-refractivity contribution in [2.45, 2.75) is 39.5 Å². The summed E-state index contributed by atoms with van der Waals surface area (Å²) in [5.41, 5.74) is 0. The van der Waals surface area contributed by atoms with Gasteiger partial charge in [0.05, 0.1) is 6.61 Å². The van der Waals surface area contributed by atoms with Gasteiger partial charge < -0.3 is 4.74 Å². The first-order valence-corrected chi connectivity index (χ1v) is 6.16. The normalized spacial score (nSPS) is 12.4. The molecule has 2 heteroatoms. The number of rotatable bonds is 7. The summed E-state index contributed by atoms with van der Waals surface area (Å²) in [5, 5.41) is 10.9. The summed E-state index contributed by atoms with van der Waals surface area (Å²) < 4.78 is 5.67. The monoisotopic (exact) mass is 221 g/mol. The third-order valence-corrected chi connectivity index (χ3v) is 2.85. The lowest BCUT2D eigenvalue weighted by Gasteiger charge is -2.15. The smallest absolute Gasteiger partial charge is 0.178 e. The highest BCUT2D eigenvalue weighted by molar-refractivity contribution is 5.29. The largest absolute Gasteiger partial charge is 0.493 e. The number of ether oxygens (including phenoxy) is 1. The lowest BCUT2D eigenvalue weighted by Crippen LogP contribution is -2.11. The molecule has 0 amide bonds. The molecule has 0 bridgehead atoms. The molecule has 0 saturated heterocycles. The van der Waals surface area contributed by atoms with E-state index in [0.717, 1.165) is 18.8 Å². The second-order valence-electron chi connectivity index (χ2n) is 4.20. The van der Waals surface area contributed by atoms with Crippen LogP contribution in [0.2, 0.25) is 0 Å². The molecule has 1 atom stereocenters. The van der Waals surface area contributed by atoms with E-state index in [1.165, 1.54) is 19.3 Å². The van der Waals surface area contributed by atoms with Crippen molar-refractivity contribution < 1.29 is 9.84 Å². The Hall–Kier alpha value is -1.18. The van der Waals surface area contributed by atoms with Gasteiger partial charge in [-0.25, -0.2) is 0 Å². The van der Waals surface area contributed by atoms with Crippen LogP contribution in [0, 0.1) is 5.92 Å². The first-order chi connectivity index (χ1) is 7.76. The molecule has 0 N–H and O–H groups in total. The van der Waals surface area contributed by atoms with Crippen LogP contribution in [0.4, 0.5) is 0 Å². The minimum Gasteiger partial charge on any atom is -0.493 e. The average molecular weight is 221 g/mol. The van der Waals surface area contributed by atoms with Gasteiger partial charge >= 0.3 is 0 Å². The number of unbranched alkanes of at least 4 members (excludes halogenated alkanes) is 1. The van der Waals surface area contributed by atoms with Gasteiger partial charge in [-0.2, -0.15) is 0 Å². The molecule has 0 fully saturated rings. The Labute approximate surface area is 98.3 Å². The Bertz CT molecular complexity index is 279. The summed E-state index contributed by atoms with van der Waals surface area (Å²) in [5.74, 6) is 1.46. The fourth-order valence-electron chi connectivity index (χ4n) is 1.65. The molecule has 1 aromatic rings. The van der Waals surface area contributed by atoms with E-state index in [0.29, 0.717) is 5.92 Å². The van der Waals surface area contributed by atoms with Crippen molar-refractivity contribution >= 4 is 0 Å². The van der Waals surface area contributed by atoms with Crippen LogP contribution in [-0.2, 0) is 5.11 Å². The van der Waals surface area contributed by atoms with E-state index in [-0.39, 0.29) is 5.75 Å². The van der Waals surface area contributed by atoms with E-state index < -0.39 is 0 Å². The van der Waals surface area contributed by atoms with Crippen molar-refractivity contribution in [3.05, 3.63) is 24.3 Å². The van der Waals surface area contributed by atoms with Gasteiger partial charge in [0, 0.05) is 0 Å². The Morgan fingerprint density at radius 1 is 1.19 bits per heavy atom. The standard InChI is InChI=1S/C14H21O2/c1-3-5-6-12(4-2)11-16-14-9-7-13(15)8-10-14/h7-10,12H,3-6,11H2,1-2H3. The molecule has 1 rings (SSSR count). The molecule has 0 aliphatic heterocycles. The van der Waals surface area contributed by atoms with E-state index in [1.54, 1.807) is 24.3 Å². The summed E-state index contributed by atoms with van der Waals surface area (Å²) in [6, 6.07) is 6.58. The van der Waals surface area contributed by atoms with Crippen molar-refractivity contribution in [3.8, 4) is 11.5 Å². The summed E-state index contributed by atoms with van der Waals surface area (Å²) in [6.07, 6.45) is 4.88. The third-order valence-electron chi connectivity index (χ3n) is 2.85. The van der Waals surface area contributed by atoms with Crippen LogP contribution in [0.15, 0.2) is 24.3 Å². The molecule has 89 valence electrons. The van der Waals surface area contributed by atoms with Crippen LogP contribution in [-0.4, -0.2) is 6.61 Å². The van der Waals surface area contributed by atoms with Crippen LogP contribution < -0.4 is 4.74 Å². The maximum atomic E-state index is 10.9. The number of hydrogen-bond acceptors (Lipinski definition) is 1. The van der Waals surface area contributed by atoms with Crippen LogP contribution in [0.3, 0.4) is 0 Å². The fraction of sp³-hybridized carbons (Fsp3) is 0.571. The van der Waals surface area contributed by atoms with Crippen LogP contribution in [0.25, 0.3) is 0 Å².